The molecule has 2 N–H and O–H groups in total. The number of benzene rings is 1. The molecule has 18 heavy (non-hydrogen) atoms. The van der Waals surface area contributed by atoms with Gasteiger partial charge >= 0.3 is 0 Å². The Morgan fingerprint density at radius 2 is 1.94 bits per heavy atom. The Morgan fingerprint density at radius 1 is 1.33 bits per heavy atom. The number of hydrogen-bond acceptors (Lipinski definition) is 2. The summed E-state index contributed by atoms with van der Waals surface area (Å²) < 4.78 is 0. The molecule has 2 nitrogen and oxygen atoms in total. The molecule has 1 aliphatic heterocycles. The predicted molar refractivity (Wildman–Crippen MR) is 80.9 cm³/mol. The van der Waals surface area contributed by atoms with Gasteiger partial charge in [-0.15, -0.1) is 0 Å². The smallest absolute Gasteiger partial charge is 0.0902 e. The first-order valence-corrected chi connectivity index (χ1v) is 7.00. The zero-order valence-electron chi connectivity index (χ0n) is 11.5. The number of likely N-dealkylation sites (tertiary alicyclic amines) is 1. The van der Waals surface area contributed by atoms with E-state index in [-0.39, 0.29) is 0 Å². The number of nitrogens with two attached hydrogens (primary N) is 1. The number of hydrogen-bond donors (Lipinski definition) is 1. The SMILES string of the molecule is Cc1cc(C)c(CN2CCCC2C(N)=S)c(C)c1. The number of rotatable bonds is 3. The van der Waals surface area contributed by atoms with Gasteiger partial charge in [-0.3, -0.25) is 4.90 Å². The first kappa shape index (κ1) is 13.5. The van der Waals surface area contributed by atoms with E-state index in [9.17, 15) is 0 Å². The summed E-state index contributed by atoms with van der Waals surface area (Å²) in [4.78, 5) is 3.07. The van der Waals surface area contributed by atoms with E-state index in [4.69, 9.17) is 18.0 Å². The summed E-state index contributed by atoms with van der Waals surface area (Å²) in [5.41, 5.74) is 11.4. The van der Waals surface area contributed by atoms with Crippen LogP contribution in [0.15, 0.2) is 12.1 Å². The molecule has 1 aromatic carbocycles. The quantitative estimate of drug-likeness (QED) is 0.849. The summed E-state index contributed by atoms with van der Waals surface area (Å²) in [6.45, 7) is 8.62. The second kappa shape index (κ2) is 5.37. The van der Waals surface area contributed by atoms with Crippen molar-refractivity contribution < 1.29 is 0 Å². The third-order valence-corrected chi connectivity index (χ3v) is 4.17. The fourth-order valence-electron chi connectivity index (χ4n) is 3.00. The highest BCUT2D eigenvalue weighted by Gasteiger charge is 2.27. The molecule has 3 heteroatoms. The molecular formula is C15H22N2S. The van der Waals surface area contributed by atoms with Gasteiger partial charge in [-0.1, -0.05) is 29.9 Å². The monoisotopic (exact) mass is 262 g/mol. The summed E-state index contributed by atoms with van der Waals surface area (Å²) >= 11 is 5.17. The van der Waals surface area contributed by atoms with Crippen LogP contribution in [0, 0.1) is 20.8 Å². The standard InChI is InChI=1S/C15H22N2S/c1-10-7-11(2)13(12(3)8-10)9-17-6-4-5-14(17)15(16)18/h7-8,14H,4-6,9H2,1-3H3,(H2,16,18). The van der Waals surface area contributed by atoms with Crippen LogP contribution in [0.25, 0.3) is 0 Å². The molecule has 0 saturated carbocycles. The fourth-order valence-corrected chi connectivity index (χ4v) is 3.27. The van der Waals surface area contributed by atoms with Gasteiger partial charge in [0, 0.05) is 6.54 Å². The average Bonchev–Trinajstić information content (AvgIpc) is 2.71. The van der Waals surface area contributed by atoms with Crippen LogP contribution in [-0.2, 0) is 6.54 Å². The Labute approximate surface area is 115 Å². The van der Waals surface area contributed by atoms with Gasteiger partial charge < -0.3 is 5.73 Å². The molecule has 1 aromatic rings. The molecule has 1 atom stereocenters. The van der Waals surface area contributed by atoms with Crippen LogP contribution in [-0.4, -0.2) is 22.5 Å². The van der Waals surface area contributed by atoms with Crippen molar-refractivity contribution >= 4 is 17.2 Å². The van der Waals surface area contributed by atoms with E-state index >= 15 is 0 Å². The Hall–Kier alpha value is -0.930. The van der Waals surface area contributed by atoms with Crippen molar-refractivity contribution in [1.82, 2.24) is 4.90 Å². The molecule has 0 spiro atoms. The molecule has 0 radical (unpaired) electrons. The van der Waals surface area contributed by atoms with E-state index in [1.165, 1.54) is 28.7 Å². The molecule has 2 rings (SSSR count). The highest BCUT2D eigenvalue weighted by Crippen LogP contribution is 2.24. The van der Waals surface area contributed by atoms with Crippen LogP contribution < -0.4 is 5.73 Å². The van der Waals surface area contributed by atoms with Crippen LogP contribution in [0.5, 0.6) is 0 Å². The lowest BCUT2D eigenvalue weighted by Gasteiger charge is -2.25. The van der Waals surface area contributed by atoms with E-state index in [2.05, 4.69) is 37.8 Å². The van der Waals surface area contributed by atoms with Gasteiger partial charge in [-0.25, -0.2) is 0 Å². The van der Waals surface area contributed by atoms with Gasteiger partial charge in [0.05, 0.1) is 11.0 Å². The Balaban J connectivity index is 2.21. The maximum Gasteiger partial charge on any atom is 0.0902 e. The normalized spacial score (nSPS) is 20.3. The number of aryl methyl sites for hydroxylation is 3. The first-order valence-electron chi connectivity index (χ1n) is 6.59. The minimum Gasteiger partial charge on any atom is -0.392 e. The third-order valence-electron chi connectivity index (χ3n) is 3.89. The predicted octanol–water partition coefficient (Wildman–Crippen LogP) is 2.86. The van der Waals surface area contributed by atoms with Crippen LogP contribution in [0.1, 0.15) is 35.1 Å². The fraction of sp³-hybridized carbons (Fsp3) is 0.533. The van der Waals surface area contributed by atoms with Gasteiger partial charge in [0.15, 0.2) is 0 Å². The van der Waals surface area contributed by atoms with E-state index in [1.807, 2.05) is 0 Å². The van der Waals surface area contributed by atoms with Crippen LogP contribution in [0.3, 0.4) is 0 Å². The average molecular weight is 262 g/mol. The molecule has 1 saturated heterocycles. The van der Waals surface area contributed by atoms with Crippen molar-refractivity contribution in [2.45, 2.75) is 46.2 Å². The zero-order chi connectivity index (χ0) is 13.3. The molecular weight excluding hydrogens is 240 g/mol. The Bertz CT molecular complexity index is 445. The summed E-state index contributed by atoms with van der Waals surface area (Å²) in [6.07, 6.45) is 2.31. The first-order chi connectivity index (χ1) is 8.49. The lowest BCUT2D eigenvalue weighted by molar-refractivity contribution is 0.294. The second-order valence-electron chi connectivity index (χ2n) is 5.41. The zero-order valence-corrected chi connectivity index (χ0v) is 12.3. The van der Waals surface area contributed by atoms with E-state index in [0.717, 1.165) is 19.5 Å². The highest BCUT2D eigenvalue weighted by atomic mass is 32.1. The number of thiocarbonyl (C=S) groups is 1. The molecule has 0 bridgehead atoms. The molecule has 98 valence electrons. The van der Waals surface area contributed by atoms with Crippen LogP contribution in [0.4, 0.5) is 0 Å². The van der Waals surface area contributed by atoms with E-state index in [0.29, 0.717) is 11.0 Å². The Kier molecular flexibility index (Phi) is 4.03. The molecule has 1 heterocycles. The molecule has 1 unspecified atom stereocenters. The van der Waals surface area contributed by atoms with Gasteiger partial charge in [-0.05, 0) is 56.8 Å². The molecule has 1 fully saturated rings. The minimum atomic E-state index is 0.292. The van der Waals surface area contributed by atoms with Crippen molar-refractivity contribution in [1.29, 1.82) is 0 Å². The van der Waals surface area contributed by atoms with E-state index in [1.54, 1.807) is 0 Å². The summed E-state index contributed by atoms with van der Waals surface area (Å²) in [6, 6.07) is 4.81. The summed E-state index contributed by atoms with van der Waals surface area (Å²) in [5, 5.41) is 0. The van der Waals surface area contributed by atoms with Gasteiger partial charge in [0.2, 0.25) is 0 Å². The van der Waals surface area contributed by atoms with Crippen LogP contribution in [0.2, 0.25) is 0 Å². The van der Waals surface area contributed by atoms with Crippen molar-refractivity contribution in [2.75, 3.05) is 6.54 Å². The van der Waals surface area contributed by atoms with Gasteiger partial charge in [0.1, 0.15) is 0 Å². The lowest BCUT2D eigenvalue weighted by Crippen LogP contribution is -2.38. The van der Waals surface area contributed by atoms with Crippen molar-refractivity contribution in [3.05, 3.63) is 34.4 Å². The highest BCUT2D eigenvalue weighted by molar-refractivity contribution is 7.80. The maximum absolute atomic E-state index is 5.83. The van der Waals surface area contributed by atoms with Crippen LogP contribution >= 0.6 is 12.2 Å². The topological polar surface area (TPSA) is 29.3 Å². The number of nitrogens with zero attached hydrogens (tertiary/aromatic N) is 1. The minimum absolute atomic E-state index is 0.292. The largest absolute Gasteiger partial charge is 0.392 e. The third kappa shape index (κ3) is 2.73. The Morgan fingerprint density at radius 3 is 2.50 bits per heavy atom. The molecule has 0 amide bonds. The lowest BCUT2D eigenvalue weighted by atomic mass is 9.99. The maximum atomic E-state index is 5.83. The molecule has 1 aliphatic rings. The van der Waals surface area contributed by atoms with Gasteiger partial charge in [0.25, 0.3) is 0 Å². The van der Waals surface area contributed by atoms with Crippen molar-refractivity contribution in [3.8, 4) is 0 Å². The van der Waals surface area contributed by atoms with Gasteiger partial charge in [-0.2, -0.15) is 0 Å². The molecule has 0 aromatic heterocycles. The summed E-state index contributed by atoms with van der Waals surface area (Å²) in [5.74, 6) is 0. The van der Waals surface area contributed by atoms with Crippen molar-refractivity contribution in [3.63, 3.8) is 0 Å². The molecule has 0 aliphatic carbocycles. The van der Waals surface area contributed by atoms with E-state index < -0.39 is 0 Å². The summed E-state index contributed by atoms with van der Waals surface area (Å²) in [7, 11) is 0. The van der Waals surface area contributed by atoms with Crippen molar-refractivity contribution in [2.24, 2.45) is 5.73 Å². The second-order valence-corrected chi connectivity index (χ2v) is 5.88.